The molecule has 2 aromatic carbocycles. The molecule has 31 heavy (non-hydrogen) atoms. The van der Waals surface area contributed by atoms with Gasteiger partial charge in [0.2, 0.25) is 0 Å². The van der Waals surface area contributed by atoms with Gasteiger partial charge in [0.15, 0.2) is 5.65 Å². The van der Waals surface area contributed by atoms with Gasteiger partial charge in [0.05, 0.1) is 18.9 Å². The first-order chi connectivity index (χ1) is 15.2. The Morgan fingerprint density at radius 1 is 1.23 bits per heavy atom. The number of nitroso groups, excluding NO2 is 1. The van der Waals surface area contributed by atoms with Gasteiger partial charge in [-0.25, -0.2) is 9.78 Å². The van der Waals surface area contributed by atoms with Crippen LogP contribution >= 0.6 is 0 Å². The van der Waals surface area contributed by atoms with Gasteiger partial charge in [-0.15, -0.1) is 0 Å². The highest BCUT2D eigenvalue weighted by atomic mass is 16.5. The van der Waals surface area contributed by atoms with Crippen molar-refractivity contribution in [3.05, 3.63) is 82.7 Å². The predicted molar refractivity (Wildman–Crippen MR) is 116 cm³/mol. The number of anilines is 2. The normalized spacial score (nSPS) is 14.9. The van der Waals surface area contributed by atoms with Gasteiger partial charge in [0, 0.05) is 23.6 Å². The fourth-order valence-electron chi connectivity index (χ4n) is 4.03. The Labute approximate surface area is 177 Å². The molecule has 0 spiro atoms. The van der Waals surface area contributed by atoms with Gasteiger partial charge >= 0.3 is 5.97 Å². The molecule has 0 amide bonds. The largest absolute Gasteiger partial charge is 0.465 e. The van der Waals surface area contributed by atoms with Gasteiger partial charge in [-0.2, -0.15) is 4.91 Å². The molecule has 1 atom stereocenters. The van der Waals surface area contributed by atoms with E-state index in [0.717, 1.165) is 46.7 Å². The van der Waals surface area contributed by atoms with Crippen LogP contribution in [0, 0.1) is 4.91 Å². The van der Waals surface area contributed by atoms with E-state index in [0.29, 0.717) is 11.2 Å². The summed E-state index contributed by atoms with van der Waals surface area (Å²) in [6.07, 6.45) is 6.83. The molecule has 5 rings (SSSR count). The Morgan fingerprint density at radius 3 is 2.84 bits per heavy atom. The molecule has 154 valence electrons. The Kier molecular flexibility index (Phi) is 4.66. The first-order valence-electron chi connectivity index (χ1n) is 9.91. The van der Waals surface area contributed by atoms with Gasteiger partial charge in [-0.05, 0) is 48.2 Å². The number of hydrogen-bond acceptors (Lipinski definition) is 7. The maximum atomic E-state index is 11.8. The fourth-order valence-corrected chi connectivity index (χ4v) is 4.03. The number of esters is 1. The van der Waals surface area contributed by atoms with Crippen molar-refractivity contribution in [2.75, 3.05) is 12.4 Å². The molecule has 8 heteroatoms. The van der Waals surface area contributed by atoms with Crippen molar-refractivity contribution in [3.8, 4) is 11.3 Å². The fraction of sp³-hybridized carbons (Fsp3) is 0.174. The molecule has 1 aliphatic carbocycles. The SMILES string of the molecule is COC(=O)c1ccc(-c2nc3cnccn3c2Nc2ccc3c(c2)CCC3N=O)cc1. The standard InChI is InChI=1S/C23H19N5O3/c1-31-23(29)15-4-2-14(3-5-15)21-22(28-11-10-24-13-20(28)26-21)25-17-7-8-18-16(12-17)6-9-19(18)27-30/h2-5,7-8,10-13,19,25H,6,9H2,1H3. The number of aryl methyl sites for hydroxylation is 1. The molecule has 1 N–H and O–H groups in total. The third-order valence-electron chi connectivity index (χ3n) is 5.59. The van der Waals surface area contributed by atoms with Crippen LogP contribution in [0.4, 0.5) is 11.5 Å². The van der Waals surface area contributed by atoms with Crippen LogP contribution in [0.3, 0.4) is 0 Å². The van der Waals surface area contributed by atoms with E-state index in [1.165, 1.54) is 7.11 Å². The van der Waals surface area contributed by atoms with E-state index in [-0.39, 0.29) is 12.0 Å². The zero-order chi connectivity index (χ0) is 21.4. The number of rotatable bonds is 5. The summed E-state index contributed by atoms with van der Waals surface area (Å²) in [7, 11) is 1.36. The number of fused-ring (bicyclic) bond motifs is 2. The smallest absolute Gasteiger partial charge is 0.337 e. The minimum atomic E-state index is -0.384. The Morgan fingerprint density at radius 2 is 2.06 bits per heavy atom. The van der Waals surface area contributed by atoms with Crippen molar-refractivity contribution in [2.24, 2.45) is 5.18 Å². The molecule has 0 fully saturated rings. The molecule has 0 radical (unpaired) electrons. The lowest BCUT2D eigenvalue weighted by molar-refractivity contribution is 0.0601. The highest BCUT2D eigenvalue weighted by Gasteiger charge is 2.23. The molecule has 1 unspecified atom stereocenters. The highest BCUT2D eigenvalue weighted by Crippen LogP contribution is 2.37. The molecule has 2 aromatic heterocycles. The topological polar surface area (TPSA) is 97.9 Å². The molecule has 0 saturated carbocycles. The first-order valence-corrected chi connectivity index (χ1v) is 9.91. The molecule has 0 saturated heterocycles. The van der Waals surface area contributed by atoms with E-state index < -0.39 is 0 Å². The minimum Gasteiger partial charge on any atom is -0.465 e. The van der Waals surface area contributed by atoms with Crippen LogP contribution in [-0.4, -0.2) is 27.4 Å². The van der Waals surface area contributed by atoms with E-state index in [1.807, 2.05) is 34.9 Å². The monoisotopic (exact) mass is 413 g/mol. The minimum absolute atomic E-state index is 0.255. The Balaban J connectivity index is 1.56. The molecule has 8 nitrogen and oxygen atoms in total. The Bertz CT molecular complexity index is 1300. The summed E-state index contributed by atoms with van der Waals surface area (Å²) in [6, 6.07) is 12.8. The third kappa shape index (κ3) is 3.31. The first kappa shape index (κ1) is 18.9. The maximum Gasteiger partial charge on any atom is 0.337 e. The summed E-state index contributed by atoms with van der Waals surface area (Å²) in [5, 5.41) is 6.71. The second kappa shape index (κ2) is 7.64. The number of carbonyl (C=O) groups is 1. The van der Waals surface area contributed by atoms with Gasteiger partial charge in [0.1, 0.15) is 17.6 Å². The lowest BCUT2D eigenvalue weighted by atomic mass is 10.1. The van der Waals surface area contributed by atoms with Gasteiger partial charge in [-0.1, -0.05) is 23.4 Å². The van der Waals surface area contributed by atoms with Crippen LogP contribution in [0.1, 0.15) is 33.9 Å². The van der Waals surface area contributed by atoms with E-state index >= 15 is 0 Å². The summed E-state index contributed by atoms with van der Waals surface area (Å²) < 4.78 is 6.71. The van der Waals surface area contributed by atoms with Gasteiger partial charge < -0.3 is 10.1 Å². The van der Waals surface area contributed by atoms with Crippen molar-refractivity contribution in [2.45, 2.75) is 18.9 Å². The molecule has 0 bridgehead atoms. The average molecular weight is 413 g/mol. The summed E-state index contributed by atoms with van der Waals surface area (Å²) in [5.74, 6) is 0.400. The van der Waals surface area contributed by atoms with Crippen LogP contribution in [0.5, 0.6) is 0 Å². The quantitative estimate of drug-likeness (QED) is 0.377. The lowest BCUT2D eigenvalue weighted by Crippen LogP contribution is -2.01. The van der Waals surface area contributed by atoms with E-state index in [2.05, 4.69) is 21.5 Å². The highest BCUT2D eigenvalue weighted by molar-refractivity contribution is 5.90. The molecular weight excluding hydrogens is 394 g/mol. The van der Waals surface area contributed by atoms with Crippen molar-refractivity contribution >= 4 is 23.1 Å². The molecule has 0 aliphatic heterocycles. The number of benzene rings is 2. The van der Waals surface area contributed by atoms with Gasteiger partial charge in [-0.3, -0.25) is 9.38 Å². The number of hydrogen-bond donors (Lipinski definition) is 1. The summed E-state index contributed by atoms with van der Waals surface area (Å²) in [5.41, 5.74) is 5.79. The number of methoxy groups -OCH3 is 1. The number of ether oxygens (including phenoxy) is 1. The number of nitrogens with zero attached hydrogens (tertiary/aromatic N) is 4. The lowest BCUT2D eigenvalue weighted by Gasteiger charge is -2.11. The van der Waals surface area contributed by atoms with Gasteiger partial charge in [0.25, 0.3) is 0 Å². The van der Waals surface area contributed by atoms with Crippen molar-refractivity contribution in [1.82, 2.24) is 14.4 Å². The molecular formula is C23H19N5O3. The van der Waals surface area contributed by atoms with E-state index in [1.54, 1.807) is 24.5 Å². The van der Waals surface area contributed by atoms with E-state index in [9.17, 15) is 9.70 Å². The zero-order valence-electron chi connectivity index (χ0n) is 16.8. The number of nitrogens with one attached hydrogen (secondary N) is 1. The van der Waals surface area contributed by atoms with Crippen molar-refractivity contribution in [1.29, 1.82) is 0 Å². The Hall–Kier alpha value is -4.07. The third-order valence-corrected chi connectivity index (χ3v) is 5.59. The average Bonchev–Trinajstić information content (AvgIpc) is 3.40. The molecule has 2 heterocycles. The second-order valence-corrected chi connectivity index (χ2v) is 7.38. The summed E-state index contributed by atoms with van der Waals surface area (Å²) >= 11 is 0. The van der Waals surface area contributed by atoms with Crippen molar-refractivity contribution < 1.29 is 9.53 Å². The predicted octanol–water partition coefficient (Wildman–Crippen LogP) is 4.68. The second-order valence-electron chi connectivity index (χ2n) is 7.38. The van der Waals surface area contributed by atoms with Crippen LogP contribution in [0.15, 0.2) is 66.2 Å². The summed E-state index contributed by atoms with van der Waals surface area (Å²) in [6.45, 7) is 0. The van der Waals surface area contributed by atoms with Crippen LogP contribution in [0.2, 0.25) is 0 Å². The number of imidazole rings is 1. The van der Waals surface area contributed by atoms with E-state index in [4.69, 9.17) is 9.72 Å². The summed E-state index contributed by atoms with van der Waals surface area (Å²) in [4.78, 5) is 31.7. The number of carbonyl (C=O) groups excluding carboxylic acids is 1. The van der Waals surface area contributed by atoms with Crippen molar-refractivity contribution in [3.63, 3.8) is 0 Å². The maximum absolute atomic E-state index is 11.8. The van der Waals surface area contributed by atoms with Crippen LogP contribution < -0.4 is 5.32 Å². The zero-order valence-corrected chi connectivity index (χ0v) is 16.8. The molecule has 4 aromatic rings. The van der Waals surface area contributed by atoms with Crippen LogP contribution in [-0.2, 0) is 11.2 Å². The van der Waals surface area contributed by atoms with Crippen LogP contribution in [0.25, 0.3) is 16.9 Å². The number of aromatic nitrogens is 3. The molecule has 1 aliphatic rings.